The number of aliphatic carboxylic acids is 1. The fraction of sp³-hybridized carbons (Fsp3) is 0.444. The summed E-state index contributed by atoms with van der Waals surface area (Å²) >= 11 is 0. The summed E-state index contributed by atoms with van der Waals surface area (Å²) in [5.41, 5.74) is 0.227. The number of carbonyl (C=O) groups is 2. The average molecular weight is 360 g/mol. The highest BCUT2D eigenvalue weighted by Gasteiger charge is 2.31. The Hall–Kier alpha value is -2.77. The van der Waals surface area contributed by atoms with Gasteiger partial charge in [0.2, 0.25) is 5.82 Å². The van der Waals surface area contributed by atoms with Crippen molar-refractivity contribution in [2.75, 3.05) is 13.1 Å². The van der Waals surface area contributed by atoms with Crippen molar-refractivity contribution < 1.29 is 19.1 Å². The molecule has 1 N–H and O–H groups in total. The van der Waals surface area contributed by atoms with Gasteiger partial charge < -0.3 is 10.0 Å². The summed E-state index contributed by atoms with van der Waals surface area (Å²) in [5.74, 6) is -2.00. The fourth-order valence-corrected chi connectivity index (χ4v) is 3.09. The molecule has 1 aromatic carbocycles. The zero-order valence-corrected chi connectivity index (χ0v) is 14.7. The first-order valence-corrected chi connectivity index (χ1v) is 8.62. The lowest BCUT2D eigenvalue weighted by atomic mass is 9.98. The maximum Gasteiger partial charge on any atom is 0.308 e. The zero-order valence-electron chi connectivity index (χ0n) is 14.7. The van der Waals surface area contributed by atoms with E-state index in [1.807, 2.05) is 13.8 Å². The number of hydrogen-bond donors (Lipinski definition) is 1. The fourth-order valence-electron chi connectivity index (χ4n) is 3.09. The summed E-state index contributed by atoms with van der Waals surface area (Å²) in [4.78, 5) is 29.8. The molecule has 26 heavy (non-hydrogen) atoms. The van der Waals surface area contributed by atoms with Crippen LogP contribution in [-0.4, -0.2) is 49.7 Å². The van der Waals surface area contributed by atoms with Gasteiger partial charge in [0.05, 0.1) is 5.92 Å². The van der Waals surface area contributed by atoms with Gasteiger partial charge in [-0.15, -0.1) is 5.10 Å². The molecule has 0 radical (unpaired) electrons. The summed E-state index contributed by atoms with van der Waals surface area (Å²) in [7, 11) is 0. The second kappa shape index (κ2) is 7.23. The summed E-state index contributed by atoms with van der Waals surface area (Å²) in [5, 5.41) is 13.4. The van der Waals surface area contributed by atoms with E-state index in [0.717, 1.165) is 0 Å². The molecule has 1 fully saturated rings. The van der Waals surface area contributed by atoms with E-state index < -0.39 is 23.6 Å². The molecule has 0 bridgehead atoms. The Kier molecular flexibility index (Phi) is 5.01. The van der Waals surface area contributed by atoms with Gasteiger partial charge in [-0.1, -0.05) is 26.0 Å². The minimum Gasteiger partial charge on any atom is -0.481 e. The quantitative estimate of drug-likeness (QED) is 0.905. The Labute approximate surface area is 150 Å². The van der Waals surface area contributed by atoms with E-state index in [-0.39, 0.29) is 24.0 Å². The molecule has 1 unspecified atom stereocenters. The van der Waals surface area contributed by atoms with Crippen LogP contribution in [0.25, 0.3) is 5.69 Å². The highest BCUT2D eigenvalue weighted by Crippen LogP contribution is 2.22. The van der Waals surface area contributed by atoms with E-state index in [1.165, 1.54) is 15.6 Å². The predicted molar refractivity (Wildman–Crippen MR) is 91.7 cm³/mol. The number of likely N-dealkylation sites (tertiary alicyclic amines) is 1. The monoisotopic (exact) mass is 360 g/mol. The number of carbonyl (C=O) groups excluding carboxylic acids is 1. The molecule has 2 heterocycles. The third-order valence-corrected chi connectivity index (χ3v) is 4.48. The molecule has 1 saturated heterocycles. The van der Waals surface area contributed by atoms with Crippen LogP contribution in [0.3, 0.4) is 0 Å². The number of para-hydroxylation sites is 1. The Bertz CT molecular complexity index is 834. The van der Waals surface area contributed by atoms with Gasteiger partial charge in [-0.05, 0) is 25.0 Å². The van der Waals surface area contributed by atoms with Crippen molar-refractivity contribution in [3.05, 3.63) is 41.7 Å². The maximum absolute atomic E-state index is 14.2. The van der Waals surface area contributed by atoms with Gasteiger partial charge in [0.25, 0.3) is 5.91 Å². The van der Waals surface area contributed by atoms with Crippen LogP contribution in [0.5, 0.6) is 0 Å². The summed E-state index contributed by atoms with van der Waals surface area (Å²) < 4.78 is 15.5. The maximum atomic E-state index is 14.2. The molecule has 1 aliphatic heterocycles. The van der Waals surface area contributed by atoms with Gasteiger partial charge in [-0.2, -0.15) is 0 Å². The lowest BCUT2D eigenvalue weighted by Crippen LogP contribution is -2.42. The first kappa shape index (κ1) is 18.0. The molecule has 2 aromatic rings. The molecule has 0 aliphatic carbocycles. The van der Waals surface area contributed by atoms with E-state index >= 15 is 0 Å². The third kappa shape index (κ3) is 3.44. The lowest BCUT2D eigenvalue weighted by Gasteiger charge is -2.29. The molecular formula is C18H21FN4O3. The van der Waals surface area contributed by atoms with Crippen LogP contribution in [-0.2, 0) is 4.79 Å². The number of aromatic nitrogens is 3. The summed E-state index contributed by atoms with van der Waals surface area (Å²) in [6.45, 7) is 4.38. The van der Waals surface area contributed by atoms with Gasteiger partial charge in [-0.3, -0.25) is 9.59 Å². The molecule has 138 valence electrons. The van der Waals surface area contributed by atoms with Crippen LogP contribution in [0.1, 0.15) is 49.1 Å². The van der Waals surface area contributed by atoms with Crippen molar-refractivity contribution in [1.82, 2.24) is 19.7 Å². The van der Waals surface area contributed by atoms with Crippen LogP contribution in [0.15, 0.2) is 24.3 Å². The van der Waals surface area contributed by atoms with E-state index in [9.17, 15) is 19.1 Å². The van der Waals surface area contributed by atoms with E-state index in [1.54, 1.807) is 18.2 Å². The molecule has 0 spiro atoms. The predicted octanol–water partition coefficient (Wildman–Crippen LogP) is 2.47. The highest BCUT2D eigenvalue weighted by molar-refractivity contribution is 5.91. The van der Waals surface area contributed by atoms with Crippen molar-refractivity contribution in [2.45, 2.75) is 32.6 Å². The van der Waals surface area contributed by atoms with Crippen LogP contribution >= 0.6 is 0 Å². The zero-order chi connectivity index (χ0) is 18.8. The van der Waals surface area contributed by atoms with Gasteiger partial charge in [-0.25, -0.2) is 14.1 Å². The Morgan fingerprint density at radius 3 is 2.69 bits per heavy atom. The number of hydrogen-bond acceptors (Lipinski definition) is 4. The average Bonchev–Trinajstić information content (AvgIpc) is 3.07. The molecule has 1 aliphatic rings. The molecule has 1 aromatic heterocycles. The second-order valence-corrected chi connectivity index (χ2v) is 6.74. The number of carboxylic acids is 1. The van der Waals surface area contributed by atoms with Crippen molar-refractivity contribution in [3.8, 4) is 5.69 Å². The number of halogens is 1. The van der Waals surface area contributed by atoms with E-state index in [4.69, 9.17) is 0 Å². The van der Waals surface area contributed by atoms with Crippen molar-refractivity contribution in [1.29, 1.82) is 0 Å². The largest absolute Gasteiger partial charge is 0.481 e. The molecule has 1 atom stereocenters. The smallest absolute Gasteiger partial charge is 0.308 e. The third-order valence-electron chi connectivity index (χ3n) is 4.48. The van der Waals surface area contributed by atoms with Gasteiger partial charge in [0, 0.05) is 19.0 Å². The van der Waals surface area contributed by atoms with Gasteiger partial charge in [0.15, 0.2) is 0 Å². The van der Waals surface area contributed by atoms with Gasteiger partial charge in [0.1, 0.15) is 17.3 Å². The van der Waals surface area contributed by atoms with Crippen molar-refractivity contribution >= 4 is 11.9 Å². The molecule has 0 saturated carbocycles. The Morgan fingerprint density at radius 1 is 1.31 bits per heavy atom. The Balaban J connectivity index is 1.94. The lowest BCUT2D eigenvalue weighted by molar-refractivity contribution is -0.143. The molecule has 8 heteroatoms. The Morgan fingerprint density at radius 2 is 2.04 bits per heavy atom. The SMILES string of the molecule is CC(C)c1nc(C(=O)N2CCCC(C(=O)O)C2)nn1-c1ccccc1F. The van der Waals surface area contributed by atoms with Crippen molar-refractivity contribution in [3.63, 3.8) is 0 Å². The minimum absolute atomic E-state index is 0.0389. The number of piperidine rings is 1. The minimum atomic E-state index is -0.907. The number of nitrogens with zero attached hydrogens (tertiary/aromatic N) is 4. The second-order valence-electron chi connectivity index (χ2n) is 6.74. The van der Waals surface area contributed by atoms with Crippen LogP contribution in [0.4, 0.5) is 4.39 Å². The first-order chi connectivity index (χ1) is 12.4. The van der Waals surface area contributed by atoms with E-state index in [2.05, 4.69) is 10.1 Å². The number of rotatable bonds is 4. The first-order valence-electron chi connectivity index (χ1n) is 8.62. The summed E-state index contributed by atoms with van der Waals surface area (Å²) in [6, 6.07) is 6.17. The van der Waals surface area contributed by atoms with E-state index in [0.29, 0.717) is 25.2 Å². The normalized spacial score (nSPS) is 17.5. The molecule has 1 amide bonds. The van der Waals surface area contributed by atoms with Crippen molar-refractivity contribution in [2.24, 2.45) is 5.92 Å². The number of carboxylic acid groups (broad SMARTS) is 1. The van der Waals surface area contributed by atoms with Crippen LogP contribution in [0.2, 0.25) is 0 Å². The van der Waals surface area contributed by atoms with Gasteiger partial charge >= 0.3 is 5.97 Å². The summed E-state index contributed by atoms with van der Waals surface area (Å²) in [6.07, 6.45) is 1.17. The highest BCUT2D eigenvalue weighted by atomic mass is 19.1. The topological polar surface area (TPSA) is 88.3 Å². The number of amides is 1. The van der Waals surface area contributed by atoms with Crippen LogP contribution in [0, 0.1) is 11.7 Å². The molecular weight excluding hydrogens is 339 g/mol. The number of benzene rings is 1. The molecule has 3 rings (SSSR count). The van der Waals surface area contributed by atoms with Crippen LogP contribution < -0.4 is 0 Å². The molecule has 7 nitrogen and oxygen atoms in total. The standard InChI is InChI=1S/C18H21FN4O3/c1-11(2)16-20-15(21-23(16)14-8-4-3-7-13(14)19)17(24)22-9-5-6-12(10-22)18(25)26/h3-4,7-8,11-12H,5-6,9-10H2,1-2H3,(H,25,26).